The first-order valence-electron chi connectivity index (χ1n) is 11.3. The van der Waals surface area contributed by atoms with Crippen LogP contribution in [0.3, 0.4) is 0 Å². The lowest BCUT2D eigenvalue weighted by molar-refractivity contribution is 0.0287. The Morgan fingerprint density at radius 1 is 1.21 bits per heavy atom. The van der Waals surface area contributed by atoms with Gasteiger partial charge in [-0.25, -0.2) is 24.1 Å². The van der Waals surface area contributed by atoms with Gasteiger partial charge in [-0.15, -0.1) is 0 Å². The van der Waals surface area contributed by atoms with Gasteiger partial charge in [-0.1, -0.05) is 0 Å². The van der Waals surface area contributed by atoms with E-state index < -0.39 is 23.1 Å². The van der Waals surface area contributed by atoms with E-state index in [-0.39, 0.29) is 17.5 Å². The molecule has 1 atom stereocenters. The Morgan fingerprint density at radius 2 is 1.88 bits per heavy atom. The molecule has 2 aromatic rings. The summed E-state index contributed by atoms with van der Waals surface area (Å²) in [5.74, 6) is -0.102. The van der Waals surface area contributed by atoms with E-state index in [2.05, 4.69) is 25.3 Å². The predicted molar refractivity (Wildman–Crippen MR) is 125 cm³/mol. The van der Waals surface area contributed by atoms with E-state index in [1.54, 1.807) is 4.90 Å². The number of nitrogens with two attached hydrogens (primary N) is 1. The minimum absolute atomic E-state index is 0.0526. The van der Waals surface area contributed by atoms with Crippen LogP contribution in [0.4, 0.5) is 26.9 Å². The third-order valence-corrected chi connectivity index (χ3v) is 5.62. The van der Waals surface area contributed by atoms with E-state index in [0.29, 0.717) is 57.3 Å². The van der Waals surface area contributed by atoms with Crippen molar-refractivity contribution in [3.8, 4) is 11.3 Å². The van der Waals surface area contributed by atoms with Crippen LogP contribution < -0.4 is 16.0 Å². The Morgan fingerprint density at radius 3 is 2.53 bits per heavy atom. The third-order valence-electron chi connectivity index (χ3n) is 5.62. The number of morpholine rings is 1. The van der Waals surface area contributed by atoms with E-state index in [1.165, 1.54) is 12.4 Å². The fourth-order valence-electron chi connectivity index (χ4n) is 3.91. The highest BCUT2D eigenvalue weighted by Gasteiger charge is 2.39. The zero-order valence-corrected chi connectivity index (χ0v) is 20.0. The van der Waals surface area contributed by atoms with E-state index >= 15 is 4.39 Å². The minimum Gasteiger partial charge on any atom is -0.444 e. The lowest BCUT2D eigenvalue weighted by Crippen LogP contribution is -2.42. The fraction of sp³-hybridized carbons (Fsp3) is 0.591. The van der Waals surface area contributed by atoms with Gasteiger partial charge in [-0.3, -0.25) is 0 Å². The molecule has 2 aromatic heterocycles. The van der Waals surface area contributed by atoms with Gasteiger partial charge in [0, 0.05) is 44.1 Å². The Labute approximate surface area is 197 Å². The van der Waals surface area contributed by atoms with Crippen molar-refractivity contribution in [1.82, 2.24) is 24.8 Å². The molecule has 0 bridgehead atoms. The van der Waals surface area contributed by atoms with Crippen LogP contribution in [0.25, 0.3) is 11.3 Å². The van der Waals surface area contributed by atoms with Crippen molar-refractivity contribution in [2.24, 2.45) is 0 Å². The van der Waals surface area contributed by atoms with Crippen LogP contribution in [0.5, 0.6) is 0 Å². The number of nitrogens with zero attached hydrogens (tertiary/aromatic N) is 6. The van der Waals surface area contributed by atoms with Gasteiger partial charge in [0.15, 0.2) is 11.6 Å². The van der Waals surface area contributed by atoms with Crippen molar-refractivity contribution in [3.05, 3.63) is 18.2 Å². The van der Waals surface area contributed by atoms with Crippen molar-refractivity contribution in [3.63, 3.8) is 0 Å². The summed E-state index contributed by atoms with van der Waals surface area (Å²) >= 11 is 0. The number of anilines is 3. The number of aromatic nitrogens is 4. The Balaban J connectivity index is 1.63. The summed E-state index contributed by atoms with van der Waals surface area (Å²) < 4.78 is 26.6. The highest BCUT2D eigenvalue weighted by molar-refractivity contribution is 5.69. The number of carbonyl (C=O) groups is 1. The van der Waals surface area contributed by atoms with Gasteiger partial charge >= 0.3 is 6.09 Å². The molecule has 1 amide bonds. The molecular formula is C22H31FN8O3. The molecule has 4 rings (SSSR count). The lowest BCUT2D eigenvalue weighted by atomic mass is 10.0. The second-order valence-electron chi connectivity index (χ2n) is 9.80. The predicted octanol–water partition coefficient (Wildman–Crippen LogP) is 2.30. The van der Waals surface area contributed by atoms with Crippen molar-refractivity contribution in [2.75, 3.05) is 55.3 Å². The number of nitrogens with one attached hydrogen (secondary N) is 1. The van der Waals surface area contributed by atoms with Crippen LogP contribution in [0.1, 0.15) is 34.1 Å². The van der Waals surface area contributed by atoms with Gasteiger partial charge in [0.25, 0.3) is 0 Å². The number of amides is 1. The highest BCUT2D eigenvalue weighted by atomic mass is 19.1. The van der Waals surface area contributed by atoms with E-state index in [1.807, 2.05) is 32.6 Å². The molecule has 0 aliphatic carbocycles. The van der Waals surface area contributed by atoms with E-state index in [9.17, 15) is 4.79 Å². The number of ether oxygens (including phenoxy) is 2. The summed E-state index contributed by atoms with van der Waals surface area (Å²) in [6.45, 7) is 10.5. The number of hydrogen-bond acceptors (Lipinski definition) is 10. The summed E-state index contributed by atoms with van der Waals surface area (Å²) in [7, 11) is 0. The molecule has 0 radical (unpaired) electrons. The topological polar surface area (TPSA) is 132 Å². The van der Waals surface area contributed by atoms with Crippen molar-refractivity contribution >= 4 is 23.8 Å². The molecule has 34 heavy (non-hydrogen) atoms. The number of halogens is 1. The number of carbonyl (C=O) groups excluding carboxylic acids is 1. The molecule has 2 aliphatic heterocycles. The van der Waals surface area contributed by atoms with E-state index in [4.69, 9.17) is 15.2 Å². The van der Waals surface area contributed by atoms with Gasteiger partial charge in [0.1, 0.15) is 11.3 Å². The largest absolute Gasteiger partial charge is 0.444 e. The average Bonchev–Trinajstić information content (AvgIpc) is 3.17. The standard InChI is InChI=1S/C22H31FN8O3/c1-21(2,3)34-20(32)31-6-5-22(4,13-31)29-17-15(23)16(14-11-25-18(24)26-12-14)27-19(28-17)30-7-9-33-10-8-30/h11-12H,5-10,13H2,1-4H3,(H2,24,25,26)(H,27,28,29)/t22-/m0/s1. The molecule has 12 heteroatoms. The van der Waals surface area contributed by atoms with Gasteiger partial charge in [-0.2, -0.15) is 4.98 Å². The molecule has 0 unspecified atom stereocenters. The fourth-order valence-corrected chi connectivity index (χ4v) is 3.91. The monoisotopic (exact) mass is 474 g/mol. The smallest absolute Gasteiger partial charge is 0.410 e. The molecule has 184 valence electrons. The van der Waals surface area contributed by atoms with Crippen LogP contribution in [0, 0.1) is 5.82 Å². The second-order valence-corrected chi connectivity index (χ2v) is 9.80. The van der Waals surface area contributed by atoms with E-state index in [0.717, 1.165) is 0 Å². The first kappa shape index (κ1) is 23.9. The van der Waals surface area contributed by atoms with Crippen LogP contribution in [-0.2, 0) is 9.47 Å². The Bertz CT molecular complexity index is 1040. The van der Waals surface area contributed by atoms with Gasteiger partial charge in [0.2, 0.25) is 11.9 Å². The summed E-state index contributed by atoms with van der Waals surface area (Å²) in [5, 5.41) is 3.24. The van der Waals surface area contributed by atoms with Crippen LogP contribution in [-0.4, -0.2) is 81.5 Å². The zero-order valence-electron chi connectivity index (χ0n) is 20.0. The maximum atomic E-state index is 15.7. The molecule has 2 aliphatic rings. The molecule has 0 saturated carbocycles. The number of rotatable bonds is 4. The Hall–Kier alpha value is -3.28. The van der Waals surface area contributed by atoms with Crippen molar-refractivity contribution in [1.29, 1.82) is 0 Å². The van der Waals surface area contributed by atoms with Gasteiger partial charge in [-0.05, 0) is 34.1 Å². The molecule has 0 spiro atoms. The van der Waals surface area contributed by atoms with Gasteiger partial charge < -0.3 is 30.3 Å². The quantitative estimate of drug-likeness (QED) is 0.680. The minimum atomic E-state index is -0.623. The van der Waals surface area contributed by atoms with Gasteiger partial charge in [0.05, 0.1) is 18.8 Å². The van der Waals surface area contributed by atoms with Crippen LogP contribution >= 0.6 is 0 Å². The summed E-state index contributed by atoms with van der Waals surface area (Å²) in [6.07, 6.45) is 3.07. The first-order valence-corrected chi connectivity index (χ1v) is 11.3. The number of nitrogen functional groups attached to an aromatic ring is 1. The summed E-state index contributed by atoms with van der Waals surface area (Å²) in [6, 6.07) is 0. The number of likely N-dealkylation sites (tertiary alicyclic amines) is 1. The second kappa shape index (κ2) is 9.16. The first-order chi connectivity index (χ1) is 16.0. The Kier molecular flexibility index (Phi) is 6.43. The number of hydrogen-bond donors (Lipinski definition) is 2. The van der Waals surface area contributed by atoms with Crippen molar-refractivity contribution < 1.29 is 18.7 Å². The lowest BCUT2D eigenvalue weighted by Gasteiger charge is -2.30. The molecule has 11 nitrogen and oxygen atoms in total. The summed E-state index contributed by atoms with van der Waals surface area (Å²) in [5.41, 5.74) is 4.86. The normalized spacial score (nSPS) is 21.0. The molecule has 2 fully saturated rings. The molecule has 0 aromatic carbocycles. The summed E-state index contributed by atoms with van der Waals surface area (Å²) in [4.78, 5) is 33.0. The zero-order chi connectivity index (χ0) is 24.5. The highest BCUT2D eigenvalue weighted by Crippen LogP contribution is 2.32. The van der Waals surface area contributed by atoms with Crippen molar-refractivity contribution in [2.45, 2.75) is 45.3 Å². The average molecular weight is 475 g/mol. The molecule has 3 N–H and O–H groups in total. The molecule has 4 heterocycles. The van der Waals surface area contributed by atoms with Crippen LogP contribution in [0.15, 0.2) is 12.4 Å². The molecular weight excluding hydrogens is 443 g/mol. The maximum absolute atomic E-state index is 15.7. The maximum Gasteiger partial charge on any atom is 0.410 e. The third kappa shape index (κ3) is 5.44. The SMILES string of the molecule is CC(C)(C)OC(=O)N1CC[C@](C)(Nc2nc(N3CCOCC3)nc(-c3cnc(N)nc3)c2F)C1. The molecule has 2 saturated heterocycles. The van der Waals surface area contributed by atoms with Crippen LogP contribution in [0.2, 0.25) is 0 Å².